The number of amides is 1. The van der Waals surface area contributed by atoms with Crippen LogP contribution in [0.1, 0.15) is 55.8 Å². The topological polar surface area (TPSA) is 56.0 Å². The summed E-state index contributed by atoms with van der Waals surface area (Å²) >= 11 is 0. The van der Waals surface area contributed by atoms with Crippen molar-refractivity contribution in [3.05, 3.63) is 35.2 Å². The van der Waals surface area contributed by atoms with Crippen LogP contribution < -0.4 is 0 Å². The van der Waals surface area contributed by atoms with Gasteiger partial charge in [-0.15, -0.1) is 10.2 Å². The summed E-state index contributed by atoms with van der Waals surface area (Å²) in [6.07, 6.45) is 0. The predicted molar refractivity (Wildman–Crippen MR) is 88.1 cm³/mol. The maximum atomic E-state index is 12.9. The molecule has 1 atom stereocenters. The summed E-state index contributed by atoms with van der Waals surface area (Å²) in [4.78, 5) is 14.8. The molecule has 23 heavy (non-hydrogen) atoms. The molecule has 2 aromatic heterocycles. The highest BCUT2D eigenvalue weighted by Crippen LogP contribution is 2.22. The molecule has 0 aromatic carbocycles. The largest absolute Gasteiger partial charge is 0.337 e. The maximum absolute atomic E-state index is 12.9. The van der Waals surface area contributed by atoms with Crippen LogP contribution in [0.4, 0.5) is 0 Å². The number of rotatable bonds is 3. The zero-order chi connectivity index (χ0) is 16.7. The van der Waals surface area contributed by atoms with E-state index in [1.807, 2.05) is 25.7 Å². The van der Waals surface area contributed by atoms with Gasteiger partial charge in [0.25, 0.3) is 0 Å². The molecule has 0 radical (unpaired) electrons. The van der Waals surface area contributed by atoms with Gasteiger partial charge < -0.3 is 14.0 Å². The van der Waals surface area contributed by atoms with Gasteiger partial charge in [-0.2, -0.15) is 0 Å². The third-order valence-electron chi connectivity index (χ3n) is 4.68. The molecule has 3 rings (SSSR count). The molecule has 0 bridgehead atoms. The van der Waals surface area contributed by atoms with Crippen molar-refractivity contribution in [1.29, 1.82) is 0 Å². The number of hydrogen-bond acceptors (Lipinski definition) is 3. The lowest BCUT2D eigenvalue weighted by molar-refractivity contribution is -0.135. The second-order valence-electron chi connectivity index (χ2n) is 6.70. The molecular formula is C17H25N5O. The summed E-state index contributed by atoms with van der Waals surface area (Å²) in [5.74, 6) is 2.40. The van der Waals surface area contributed by atoms with Gasteiger partial charge in [0.15, 0.2) is 5.82 Å². The van der Waals surface area contributed by atoms with Gasteiger partial charge in [-0.25, -0.2) is 0 Å². The third kappa shape index (κ3) is 2.66. The summed E-state index contributed by atoms with van der Waals surface area (Å²) in [5, 5.41) is 8.56. The lowest BCUT2D eigenvalue weighted by atomic mass is 10.2. The van der Waals surface area contributed by atoms with E-state index in [2.05, 4.69) is 45.3 Å². The quantitative estimate of drug-likeness (QED) is 0.874. The minimum Gasteiger partial charge on any atom is -0.337 e. The van der Waals surface area contributed by atoms with Crippen molar-refractivity contribution in [2.45, 2.75) is 59.7 Å². The van der Waals surface area contributed by atoms with Crippen molar-refractivity contribution in [2.24, 2.45) is 0 Å². The second kappa shape index (κ2) is 5.83. The molecular weight excluding hydrogens is 290 g/mol. The number of aromatic nitrogens is 4. The highest BCUT2D eigenvalue weighted by molar-refractivity contribution is 5.80. The molecule has 0 fully saturated rings. The average molecular weight is 315 g/mol. The van der Waals surface area contributed by atoms with E-state index in [4.69, 9.17) is 0 Å². The van der Waals surface area contributed by atoms with Gasteiger partial charge >= 0.3 is 0 Å². The third-order valence-corrected chi connectivity index (χ3v) is 4.68. The van der Waals surface area contributed by atoms with E-state index in [-0.39, 0.29) is 11.9 Å². The van der Waals surface area contributed by atoms with Gasteiger partial charge in [-0.05, 0) is 32.9 Å². The molecule has 0 aliphatic carbocycles. The summed E-state index contributed by atoms with van der Waals surface area (Å²) in [5.41, 5.74) is 2.23. The molecule has 0 spiro atoms. The van der Waals surface area contributed by atoms with E-state index in [1.54, 1.807) is 0 Å². The smallest absolute Gasteiger partial charge is 0.245 e. The molecule has 6 nitrogen and oxygen atoms in total. The Morgan fingerprint density at radius 1 is 1.09 bits per heavy atom. The molecule has 124 valence electrons. The summed E-state index contributed by atoms with van der Waals surface area (Å²) in [6.45, 7) is 12.3. The van der Waals surface area contributed by atoms with Crippen LogP contribution in [0.5, 0.6) is 0 Å². The number of carbonyl (C=O) groups excluding carboxylic acids is 1. The number of aryl methyl sites for hydroxylation is 2. The van der Waals surface area contributed by atoms with Crippen LogP contribution in [0.3, 0.4) is 0 Å². The summed E-state index contributed by atoms with van der Waals surface area (Å²) in [6, 6.07) is 3.92. The molecule has 6 heteroatoms. The molecule has 2 aromatic rings. The van der Waals surface area contributed by atoms with E-state index in [1.165, 1.54) is 0 Å². The molecule has 0 unspecified atom stereocenters. The van der Waals surface area contributed by atoms with Gasteiger partial charge in [-0.1, -0.05) is 13.8 Å². The SMILES string of the molecule is Cc1ccc(C)n1[C@@H](C)C(=O)N1CCn2c(nnc2C(C)C)C1. The van der Waals surface area contributed by atoms with E-state index < -0.39 is 0 Å². The first-order valence-electron chi connectivity index (χ1n) is 8.25. The van der Waals surface area contributed by atoms with E-state index >= 15 is 0 Å². The minimum absolute atomic E-state index is 0.146. The van der Waals surface area contributed by atoms with Crippen LogP contribution >= 0.6 is 0 Å². The molecule has 1 amide bonds. The highest BCUT2D eigenvalue weighted by atomic mass is 16.2. The Balaban J connectivity index is 1.79. The van der Waals surface area contributed by atoms with Crippen LogP contribution in [-0.4, -0.2) is 36.7 Å². The lowest BCUT2D eigenvalue weighted by Crippen LogP contribution is -2.42. The second-order valence-corrected chi connectivity index (χ2v) is 6.70. The minimum atomic E-state index is -0.191. The predicted octanol–water partition coefficient (Wildman–Crippen LogP) is 2.42. The normalized spacial score (nSPS) is 15.8. The Hall–Kier alpha value is -2.11. The summed E-state index contributed by atoms with van der Waals surface area (Å²) < 4.78 is 4.26. The van der Waals surface area contributed by atoms with Crippen LogP contribution in [-0.2, 0) is 17.9 Å². The fraction of sp³-hybridized carbons (Fsp3) is 0.588. The standard InChI is InChI=1S/C17H25N5O/c1-11(2)16-19-18-15-10-20(8-9-21(15)16)17(23)14(5)22-12(3)6-7-13(22)4/h6-7,11,14H,8-10H2,1-5H3/t14-/m0/s1. The number of hydrogen-bond donors (Lipinski definition) is 0. The Morgan fingerprint density at radius 2 is 1.74 bits per heavy atom. The van der Waals surface area contributed by atoms with Gasteiger partial charge in [0, 0.05) is 30.4 Å². The first-order valence-corrected chi connectivity index (χ1v) is 8.25. The van der Waals surface area contributed by atoms with Crippen LogP contribution in [0.15, 0.2) is 12.1 Å². The Morgan fingerprint density at radius 3 is 2.35 bits per heavy atom. The van der Waals surface area contributed by atoms with E-state index in [0.29, 0.717) is 19.0 Å². The highest BCUT2D eigenvalue weighted by Gasteiger charge is 2.29. The molecule has 0 saturated carbocycles. The number of fused-ring (bicyclic) bond motifs is 1. The molecule has 1 aliphatic heterocycles. The molecule has 0 saturated heterocycles. The van der Waals surface area contributed by atoms with Crippen molar-refractivity contribution in [1.82, 2.24) is 24.2 Å². The first kappa shape index (κ1) is 15.8. The Labute approximate surface area is 137 Å². The van der Waals surface area contributed by atoms with Crippen LogP contribution in [0, 0.1) is 13.8 Å². The fourth-order valence-corrected chi connectivity index (χ4v) is 3.46. The molecule has 1 aliphatic rings. The Kier molecular flexibility index (Phi) is 4.00. The van der Waals surface area contributed by atoms with Crippen molar-refractivity contribution < 1.29 is 4.79 Å². The Bertz CT molecular complexity index is 708. The first-order chi connectivity index (χ1) is 10.9. The lowest BCUT2D eigenvalue weighted by Gasteiger charge is -2.31. The van der Waals surface area contributed by atoms with Crippen molar-refractivity contribution in [3.8, 4) is 0 Å². The van der Waals surface area contributed by atoms with Gasteiger partial charge in [-0.3, -0.25) is 4.79 Å². The fourth-order valence-electron chi connectivity index (χ4n) is 3.46. The number of carbonyl (C=O) groups is 1. The van der Waals surface area contributed by atoms with E-state index in [0.717, 1.165) is 29.6 Å². The van der Waals surface area contributed by atoms with Crippen LogP contribution in [0.2, 0.25) is 0 Å². The summed E-state index contributed by atoms with van der Waals surface area (Å²) in [7, 11) is 0. The monoisotopic (exact) mass is 315 g/mol. The maximum Gasteiger partial charge on any atom is 0.245 e. The van der Waals surface area contributed by atoms with Gasteiger partial charge in [0.05, 0.1) is 6.54 Å². The van der Waals surface area contributed by atoms with Crippen molar-refractivity contribution in [2.75, 3.05) is 6.54 Å². The zero-order valence-electron chi connectivity index (χ0n) is 14.6. The zero-order valence-corrected chi connectivity index (χ0v) is 14.6. The molecule has 0 N–H and O–H groups in total. The van der Waals surface area contributed by atoms with Crippen molar-refractivity contribution >= 4 is 5.91 Å². The number of nitrogens with zero attached hydrogens (tertiary/aromatic N) is 5. The molecule has 3 heterocycles. The average Bonchev–Trinajstić information content (AvgIpc) is 3.08. The van der Waals surface area contributed by atoms with Gasteiger partial charge in [0.2, 0.25) is 5.91 Å². The van der Waals surface area contributed by atoms with E-state index in [9.17, 15) is 4.79 Å². The van der Waals surface area contributed by atoms with Gasteiger partial charge in [0.1, 0.15) is 11.9 Å². The van der Waals surface area contributed by atoms with Crippen molar-refractivity contribution in [3.63, 3.8) is 0 Å². The van der Waals surface area contributed by atoms with Crippen LogP contribution in [0.25, 0.3) is 0 Å².